The van der Waals surface area contributed by atoms with Crippen molar-refractivity contribution in [2.75, 3.05) is 0 Å². The van der Waals surface area contributed by atoms with Gasteiger partial charge in [-0.3, -0.25) is 5.32 Å². The Labute approximate surface area is 114 Å². The molecule has 0 saturated heterocycles. The van der Waals surface area contributed by atoms with Crippen LogP contribution in [-0.2, 0) is 12.0 Å². The number of nitrogens with one attached hydrogen (secondary N) is 1. The number of carbonyl (C=O) groups is 1. The van der Waals surface area contributed by atoms with Crippen LogP contribution < -0.4 is 5.32 Å². The Morgan fingerprint density at radius 2 is 2.26 bits per heavy atom. The average molecular weight is 271 g/mol. The smallest absolute Gasteiger partial charge is 0.335 e. The van der Waals surface area contributed by atoms with Crippen LogP contribution in [0.15, 0.2) is 29.6 Å². The zero-order valence-electron chi connectivity index (χ0n) is 10.4. The monoisotopic (exact) mass is 271 g/mol. The molecule has 0 fully saturated rings. The molecule has 1 aromatic carbocycles. The van der Waals surface area contributed by atoms with Crippen LogP contribution in [0.25, 0.3) is 0 Å². The molecule has 0 radical (unpaired) electrons. The van der Waals surface area contributed by atoms with Crippen LogP contribution in [0, 0.1) is 0 Å². The fraction of sp³-hybridized carbons (Fsp3) is 0.267. The summed E-state index contributed by atoms with van der Waals surface area (Å²) in [4.78, 5) is 12.6. The molecule has 19 heavy (non-hydrogen) atoms. The van der Waals surface area contributed by atoms with Crippen molar-refractivity contribution in [1.82, 2.24) is 5.32 Å². The SMILES string of the molecule is CC12NC(Cc3sccc31)c1ccc(C(=O)O)cc12. The van der Waals surface area contributed by atoms with E-state index in [0.29, 0.717) is 11.6 Å². The van der Waals surface area contributed by atoms with Crippen LogP contribution in [0.5, 0.6) is 0 Å². The van der Waals surface area contributed by atoms with Crippen molar-refractivity contribution in [3.05, 3.63) is 56.8 Å². The molecule has 2 aromatic rings. The summed E-state index contributed by atoms with van der Waals surface area (Å²) in [5.74, 6) is -0.863. The van der Waals surface area contributed by atoms with Crippen molar-refractivity contribution in [3.8, 4) is 0 Å². The molecule has 2 aliphatic heterocycles. The lowest BCUT2D eigenvalue weighted by Crippen LogP contribution is -2.40. The topological polar surface area (TPSA) is 49.3 Å². The van der Waals surface area contributed by atoms with Crippen LogP contribution in [0.4, 0.5) is 0 Å². The Kier molecular flexibility index (Phi) is 2.04. The number of rotatable bonds is 1. The standard InChI is InChI=1S/C15H13NO2S/c1-15-10-4-5-19-13(10)7-12(16-15)9-3-2-8(14(17)18)6-11(9)15/h2-6,12,16H,7H2,1H3,(H,17,18). The molecule has 2 N–H and O–H groups in total. The number of benzene rings is 1. The maximum atomic E-state index is 11.2. The van der Waals surface area contributed by atoms with Gasteiger partial charge in [0.2, 0.25) is 0 Å². The predicted molar refractivity (Wildman–Crippen MR) is 73.8 cm³/mol. The Balaban J connectivity index is 1.99. The van der Waals surface area contributed by atoms with Crippen molar-refractivity contribution in [1.29, 1.82) is 0 Å². The summed E-state index contributed by atoms with van der Waals surface area (Å²) in [5, 5.41) is 15.0. The zero-order valence-corrected chi connectivity index (χ0v) is 11.3. The van der Waals surface area contributed by atoms with E-state index in [1.807, 2.05) is 12.1 Å². The minimum Gasteiger partial charge on any atom is -0.478 e. The van der Waals surface area contributed by atoms with Gasteiger partial charge in [0.1, 0.15) is 0 Å². The summed E-state index contributed by atoms with van der Waals surface area (Å²) in [7, 11) is 0. The van der Waals surface area contributed by atoms with Crippen molar-refractivity contribution in [2.24, 2.45) is 0 Å². The third kappa shape index (κ3) is 1.33. The van der Waals surface area contributed by atoms with E-state index in [4.69, 9.17) is 0 Å². The zero-order chi connectivity index (χ0) is 13.2. The van der Waals surface area contributed by atoms with Crippen molar-refractivity contribution >= 4 is 17.3 Å². The maximum absolute atomic E-state index is 11.2. The van der Waals surface area contributed by atoms with Gasteiger partial charge in [0, 0.05) is 17.3 Å². The molecule has 3 nitrogen and oxygen atoms in total. The van der Waals surface area contributed by atoms with Gasteiger partial charge in [-0.15, -0.1) is 11.3 Å². The summed E-state index contributed by atoms with van der Waals surface area (Å²) in [6.07, 6.45) is 1.00. The largest absolute Gasteiger partial charge is 0.478 e. The predicted octanol–water partition coefficient (Wildman–Crippen LogP) is 2.91. The third-order valence-corrected chi connectivity index (χ3v) is 5.29. The molecular weight excluding hydrogens is 258 g/mol. The van der Waals surface area contributed by atoms with Gasteiger partial charge in [-0.1, -0.05) is 6.07 Å². The molecule has 1 aromatic heterocycles. The number of thiophene rings is 1. The Morgan fingerprint density at radius 1 is 1.42 bits per heavy atom. The summed E-state index contributed by atoms with van der Waals surface area (Å²) >= 11 is 1.80. The van der Waals surface area contributed by atoms with Crippen LogP contribution in [0.1, 0.15) is 44.9 Å². The molecule has 2 atom stereocenters. The molecule has 3 heterocycles. The number of aromatic carboxylic acids is 1. The summed E-state index contributed by atoms with van der Waals surface area (Å²) in [5.41, 5.74) is 3.80. The highest BCUT2D eigenvalue weighted by molar-refractivity contribution is 7.10. The number of carboxylic acids is 1. The molecule has 0 amide bonds. The van der Waals surface area contributed by atoms with Crippen molar-refractivity contribution in [3.63, 3.8) is 0 Å². The average Bonchev–Trinajstić information content (AvgIpc) is 2.94. The quantitative estimate of drug-likeness (QED) is 0.838. The van der Waals surface area contributed by atoms with Gasteiger partial charge in [0.15, 0.2) is 0 Å². The Morgan fingerprint density at radius 3 is 3.05 bits per heavy atom. The number of hydrogen-bond donors (Lipinski definition) is 2. The molecule has 2 bridgehead atoms. The molecule has 4 rings (SSSR count). The van der Waals surface area contributed by atoms with E-state index in [1.165, 1.54) is 16.0 Å². The molecule has 0 aliphatic carbocycles. The molecular formula is C15H13NO2S. The fourth-order valence-corrected chi connectivity index (χ4v) is 4.47. The first-order valence-electron chi connectivity index (χ1n) is 6.32. The van der Waals surface area contributed by atoms with Crippen molar-refractivity contribution < 1.29 is 9.90 Å². The van der Waals surface area contributed by atoms with Crippen molar-refractivity contribution in [2.45, 2.75) is 24.9 Å². The van der Waals surface area contributed by atoms with Gasteiger partial charge in [-0.2, -0.15) is 0 Å². The summed E-state index contributed by atoms with van der Waals surface area (Å²) in [6, 6.07) is 7.98. The van der Waals surface area contributed by atoms with E-state index in [9.17, 15) is 9.90 Å². The second-order valence-corrected chi connectivity index (χ2v) is 6.39. The Bertz CT molecular complexity index is 706. The lowest BCUT2D eigenvalue weighted by molar-refractivity contribution is 0.0696. The van der Waals surface area contributed by atoms with Gasteiger partial charge in [-0.25, -0.2) is 4.79 Å². The van der Waals surface area contributed by atoms with E-state index in [1.54, 1.807) is 17.4 Å². The second-order valence-electron chi connectivity index (χ2n) is 5.39. The number of hydrogen-bond acceptors (Lipinski definition) is 3. The highest BCUT2D eigenvalue weighted by Gasteiger charge is 2.46. The fourth-order valence-electron chi connectivity index (χ4n) is 3.44. The Hall–Kier alpha value is -1.65. The maximum Gasteiger partial charge on any atom is 0.335 e. The minimum atomic E-state index is -0.863. The lowest BCUT2D eigenvalue weighted by Gasteiger charge is -2.32. The summed E-state index contributed by atoms with van der Waals surface area (Å²) in [6.45, 7) is 2.15. The van der Waals surface area contributed by atoms with Crippen LogP contribution in [-0.4, -0.2) is 11.1 Å². The highest BCUT2D eigenvalue weighted by Crippen LogP contribution is 2.49. The van der Waals surface area contributed by atoms with E-state index in [0.717, 1.165) is 12.0 Å². The lowest BCUT2D eigenvalue weighted by atomic mass is 9.85. The first-order valence-corrected chi connectivity index (χ1v) is 7.20. The minimum absolute atomic E-state index is 0.237. The van der Waals surface area contributed by atoms with Gasteiger partial charge < -0.3 is 5.11 Å². The molecule has 2 unspecified atom stereocenters. The molecule has 0 saturated carbocycles. The summed E-state index contributed by atoms with van der Waals surface area (Å²) < 4.78 is 0. The second kappa shape index (κ2) is 3.46. The molecule has 4 heteroatoms. The highest BCUT2D eigenvalue weighted by atomic mass is 32.1. The van der Waals surface area contributed by atoms with Crippen LogP contribution >= 0.6 is 11.3 Å². The molecule has 2 aliphatic rings. The van der Waals surface area contributed by atoms with E-state index in [2.05, 4.69) is 23.7 Å². The van der Waals surface area contributed by atoms with E-state index < -0.39 is 5.97 Å². The van der Waals surface area contributed by atoms with Gasteiger partial charge in [-0.05, 0) is 47.2 Å². The molecule has 96 valence electrons. The molecule has 0 spiro atoms. The van der Waals surface area contributed by atoms with E-state index in [-0.39, 0.29) is 5.54 Å². The van der Waals surface area contributed by atoms with Crippen LogP contribution in [0.3, 0.4) is 0 Å². The van der Waals surface area contributed by atoms with Gasteiger partial charge in [0.05, 0.1) is 11.1 Å². The first kappa shape index (κ1) is 11.2. The third-order valence-electron chi connectivity index (χ3n) is 4.35. The van der Waals surface area contributed by atoms with Crippen LogP contribution in [0.2, 0.25) is 0 Å². The van der Waals surface area contributed by atoms with Gasteiger partial charge in [0.25, 0.3) is 0 Å². The number of carboxylic acid groups (broad SMARTS) is 1. The first-order chi connectivity index (χ1) is 9.09. The normalized spacial score (nSPS) is 26.9. The number of fused-ring (bicyclic) bond motifs is 7. The van der Waals surface area contributed by atoms with Gasteiger partial charge >= 0.3 is 5.97 Å². The van der Waals surface area contributed by atoms with E-state index >= 15 is 0 Å².